The molecule has 0 bridgehead atoms. The fraction of sp³-hybridized carbons (Fsp3) is 0.304. The van der Waals surface area contributed by atoms with Crippen molar-refractivity contribution in [3.63, 3.8) is 0 Å². The van der Waals surface area contributed by atoms with Crippen LogP contribution in [0.3, 0.4) is 0 Å². The van der Waals surface area contributed by atoms with Crippen LogP contribution < -0.4 is 14.9 Å². The van der Waals surface area contributed by atoms with Gasteiger partial charge in [0.1, 0.15) is 23.3 Å². The molecule has 6 nitrogen and oxygen atoms in total. The molecule has 0 aliphatic rings. The average molecular weight is 475 g/mol. The molecule has 0 aliphatic heterocycles. The molecule has 30 heavy (non-hydrogen) atoms. The fourth-order valence-corrected chi connectivity index (χ4v) is 3.01. The van der Waals surface area contributed by atoms with Gasteiger partial charge >= 0.3 is 5.97 Å². The van der Waals surface area contributed by atoms with Crippen molar-refractivity contribution in [1.29, 1.82) is 0 Å². The lowest BCUT2D eigenvalue weighted by molar-refractivity contribution is -0.151. The molecule has 1 aromatic heterocycles. The molecule has 0 saturated heterocycles. The number of carbonyl (C=O) groups excluding carboxylic acids is 1. The summed E-state index contributed by atoms with van der Waals surface area (Å²) in [6.45, 7) is 6.10. The summed E-state index contributed by atoms with van der Waals surface area (Å²) in [6, 6.07) is 12.0. The minimum Gasteiger partial charge on any atom is -0.479 e. The van der Waals surface area contributed by atoms with Gasteiger partial charge in [-0.1, -0.05) is 26.0 Å². The first-order valence-electron chi connectivity index (χ1n) is 9.66. The minimum absolute atomic E-state index is 0.0742. The predicted octanol–water partition coefficient (Wildman–Crippen LogP) is 5.70. The zero-order valence-corrected chi connectivity index (χ0v) is 18.6. The van der Waals surface area contributed by atoms with E-state index in [2.05, 4.69) is 29.8 Å². The second-order valence-electron chi connectivity index (χ2n) is 7.23. The molecular weight excluding hydrogens is 452 g/mol. The van der Waals surface area contributed by atoms with Crippen molar-refractivity contribution in [1.82, 2.24) is 0 Å². The number of fused-ring (bicyclic) bond motifs is 1. The lowest BCUT2D eigenvalue weighted by Crippen LogP contribution is -2.26. The largest absolute Gasteiger partial charge is 0.479 e. The third-order valence-corrected chi connectivity index (χ3v) is 5.01. The Morgan fingerprint density at radius 2 is 1.87 bits per heavy atom. The summed E-state index contributed by atoms with van der Waals surface area (Å²) in [5, 5.41) is 0.346. The van der Waals surface area contributed by atoms with Gasteiger partial charge in [0.05, 0.1) is 16.5 Å². The van der Waals surface area contributed by atoms with Gasteiger partial charge in [0, 0.05) is 6.07 Å². The van der Waals surface area contributed by atoms with E-state index in [1.807, 2.05) is 12.1 Å². The maximum atomic E-state index is 12.7. The number of para-hydroxylation sites is 1. The number of carbonyl (C=O) groups is 1. The van der Waals surface area contributed by atoms with Crippen molar-refractivity contribution in [2.24, 2.45) is 5.92 Å². The van der Waals surface area contributed by atoms with Crippen molar-refractivity contribution in [3.05, 3.63) is 63.4 Å². The molecule has 0 spiro atoms. The third-order valence-electron chi connectivity index (χ3n) is 4.36. The Kier molecular flexibility index (Phi) is 7.15. The van der Waals surface area contributed by atoms with Crippen LogP contribution in [0.25, 0.3) is 11.0 Å². The van der Waals surface area contributed by atoms with Crippen molar-refractivity contribution in [2.75, 3.05) is 6.61 Å². The van der Waals surface area contributed by atoms with E-state index in [-0.39, 0.29) is 11.2 Å². The minimum atomic E-state index is -0.778. The molecule has 2 aromatic carbocycles. The van der Waals surface area contributed by atoms with Gasteiger partial charge in [-0.25, -0.2) is 4.79 Å². The van der Waals surface area contributed by atoms with Gasteiger partial charge in [-0.15, -0.1) is 0 Å². The van der Waals surface area contributed by atoms with E-state index in [0.29, 0.717) is 35.0 Å². The van der Waals surface area contributed by atoms with Crippen LogP contribution in [0.2, 0.25) is 0 Å². The summed E-state index contributed by atoms with van der Waals surface area (Å²) < 4.78 is 22.8. The van der Waals surface area contributed by atoms with Crippen LogP contribution in [-0.4, -0.2) is 18.7 Å². The van der Waals surface area contributed by atoms with Gasteiger partial charge in [-0.05, 0) is 59.5 Å². The highest BCUT2D eigenvalue weighted by atomic mass is 79.9. The Bertz CT molecular complexity index is 1090. The van der Waals surface area contributed by atoms with Gasteiger partial charge in [0.15, 0.2) is 6.10 Å². The second-order valence-corrected chi connectivity index (χ2v) is 8.08. The highest BCUT2D eigenvalue weighted by Crippen LogP contribution is 2.29. The topological polar surface area (TPSA) is 75.0 Å². The predicted molar refractivity (Wildman–Crippen MR) is 117 cm³/mol. The zero-order chi connectivity index (χ0) is 21.7. The highest BCUT2D eigenvalue weighted by molar-refractivity contribution is 9.10. The smallest absolute Gasteiger partial charge is 0.347 e. The molecule has 0 fully saturated rings. The summed E-state index contributed by atoms with van der Waals surface area (Å²) in [4.78, 5) is 24.8. The first-order chi connectivity index (χ1) is 14.3. The van der Waals surface area contributed by atoms with E-state index in [4.69, 9.17) is 18.6 Å². The number of hydrogen-bond donors (Lipinski definition) is 0. The van der Waals surface area contributed by atoms with Crippen LogP contribution in [0.5, 0.6) is 17.2 Å². The van der Waals surface area contributed by atoms with Crippen LogP contribution in [-0.2, 0) is 9.53 Å². The first-order valence-corrected chi connectivity index (χ1v) is 10.5. The second kappa shape index (κ2) is 9.80. The van der Waals surface area contributed by atoms with E-state index in [1.54, 1.807) is 37.3 Å². The summed E-state index contributed by atoms with van der Waals surface area (Å²) >= 11 is 3.38. The molecule has 3 rings (SSSR count). The highest BCUT2D eigenvalue weighted by Gasteiger charge is 2.18. The van der Waals surface area contributed by atoms with Crippen molar-refractivity contribution < 1.29 is 23.4 Å². The molecule has 0 saturated carbocycles. The SMILES string of the molecule is CC(C)CCOC(=O)[C@@H](C)Oc1ccc2c(=O)c(Oc3ccccc3Br)coc2c1. The van der Waals surface area contributed by atoms with Gasteiger partial charge in [0.25, 0.3) is 0 Å². The van der Waals surface area contributed by atoms with E-state index in [1.165, 1.54) is 6.26 Å². The van der Waals surface area contributed by atoms with Crippen LogP contribution in [0.1, 0.15) is 27.2 Å². The Labute approximate surface area is 182 Å². The maximum absolute atomic E-state index is 12.7. The Morgan fingerprint density at radius 3 is 2.60 bits per heavy atom. The number of hydrogen-bond acceptors (Lipinski definition) is 6. The average Bonchev–Trinajstić information content (AvgIpc) is 2.71. The molecular formula is C23H23BrO6. The van der Waals surface area contributed by atoms with E-state index in [0.717, 1.165) is 10.9 Å². The zero-order valence-electron chi connectivity index (χ0n) is 17.0. The first kappa shape index (κ1) is 21.9. The lowest BCUT2D eigenvalue weighted by atomic mass is 10.1. The quantitative estimate of drug-likeness (QED) is 0.389. The molecule has 0 radical (unpaired) electrons. The lowest BCUT2D eigenvalue weighted by Gasteiger charge is -2.15. The van der Waals surface area contributed by atoms with Gasteiger partial charge in [0.2, 0.25) is 11.2 Å². The molecule has 0 amide bonds. The normalized spacial score (nSPS) is 12.0. The molecule has 7 heteroatoms. The number of esters is 1. The number of halogens is 1. The van der Waals surface area contributed by atoms with Gasteiger partial charge < -0.3 is 18.6 Å². The maximum Gasteiger partial charge on any atom is 0.347 e. The summed E-state index contributed by atoms with van der Waals surface area (Å²) in [5.74, 6) is 1.00. The van der Waals surface area contributed by atoms with E-state index >= 15 is 0 Å². The Morgan fingerprint density at radius 1 is 1.10 bits per heavy atom. The van der Waals surface area contributed by atoms with Crippen LogP contribution >= 0.6 is 15.9 Å². The van der Waals surface area contributed by atoms with Crippen LogP contribution in [0.15, 0.2) is 62.4 Å². The molecule has 1 heterocycles. The monoisotopic (exact) mass is 474 g/mol. The molecule has 0 N–H and O–H groups in total. The van der Waals surface area contributed by atoms with Crippen LogP contribution in [0, 0.1) is 5.92 Å². The number of ether oxygens (including phenoxy) is 3. The van der Waals surface area contributed by atoms with E-state index in [9.17, 15) is 9.59 Å². The number of benzene rings is 2. The summed E-state index contributed by atoms with van der Waals surface area (Å²) in [7, 11) is 0. The third kappa shape index (κ3) is 5.42. The number of rotatable bonds is 8. The van der Waals surface area contributed by atoms with Crippen LogP contribution in [0.4, 0.5) is 0 Å². The Balaban J connectivity index is 1.73. The molecule has 3 aromatic rings. The molecule has 1 atom stereocenters. The standard InChI is InChI=1S/C23H23BrO6/c1-14(2)10-11-27-23(26)15(3)29-16-8-9-17-20(12-16)28-13-21(22(17)25)30-19-7-5-4-6-18(19)24/h4-9,12-15H,10-11H2,1-3H3/t15-/m1/s1. The summed E-state index contributed by atoms with van der Waals surface area (Å²) in [5.41, 5.74) is 0.0250. The van der Waals surface area contributed by atoms with Crippen molar-refractivity contribution >= 4 is 32.9 Å². The van der Waals surface area contributed by atoms with Crippen molar-refractivity contribution in [3.8, 4) is 17.2 Å². The Hall–Kier alpha value is -2.80. The molecule has 158 valence electrons. The molecule has 0 unspecified atom stereocenters. The summed E-state index contributed by atoms with van der Waals surface area (Å²) in [6.07, 6.45) is 1.28. The fourth-order valence-electron chi connectivity index (χ4n) is 2.65. The van der Waals surface area contributed by atoms with E-state index < -0.39 is 12.1 Å². The molecule has 0 aliphatic carbocycles. The van der Waals surface area contributed by atoms with Gasteiger partial charge in [-0.2, -0.15) is 0 Å². The van der Waals surface area contributed by atoms with Crippen molar-refractivity contribution in [2.45, 2.75) is 33.3 Å². The van der Waals surface area contributed by atoms with Gasteiger partial charge in [-0.3, -0.25) is 4.79 Å².